The third-order valence-corrected chi connectivity index (χ3v) is 4.10. The molecule has 0 aliphatic rings. The van der Waals surface area contributed by atoms with Gasteiger partial charge in [-0.05, 0) is 13.0 Å². The molecule has 0 heterocycles. The van der Waals surface area contributed by atoms with Crippen molar-refractivity contribution in [2.24, 2.45) is 0 Å². The Balaban J connectivity index is 2.89. The fourth-order valence-electron chi connectivity index (χ4n) is 0.868. The normalized spacial score (nSPS) is 13.5. The third-order valence-electron chi connectivity index (χ3n) is 1.89. The maximum Gasteiger partial charge on any atom is 0.105 e. The molecule has 1 unspecified atom stereocenters. The van der Waals surface area contributed by atoms with Crippen LogP contribution >= 0.6 is 0 Å². The second kappa shape index (κ2) is 7.29. The van der Waals surface area contributed by atoms with Crippen LogP contribution in [0.15, 0.2) is 0 Å². The Kier molecular flexibility index (Phi) is 7.41. The lowest BCUT2D eigenvalue weighted by Gasteiger charge is -2.08. The van der Waals surface area contributed by atoms with Crippen LogP contribution in [0.2, 0.25) is 12.6 Å². The number of nitrogens with one attached hydrogen (secondary N) is 1. The molecular formula is C8H21NSi. The van der Waals surface area contributed by atoms with E-state index in [4.69, 9.17) is 0 Å². The summed E-state index contributed by atoms with van der Waals surface area (Å²) in [5.74, 6) is 0. The quantitative estimate of drug-likeness (QED) is 0.462. The van der Waals surface area contributed by atoms with Gasteiger partial charge in [-0.15, -0.1) is 0 Å². The van der Waals surface area contributed by atoms with Gasteiger partial charge in [0.15, 0.2) is 0 Å². The van der Waals surface area contributed by atoms with Gasteiger partial charge in [0, 0.05) is 0 Å². The Hall–Kier alpha value is 0.177. The first-order valence-corrected chi connectivity index (χ1v) is 7.09. The molecule has 1 nitrogen and oxygen atoms in total. The van der Waals surface area contributed by atoms with E-state index in [0.29, 0.717) is 0 Å². The van der Waals surface area contributed by atoms with Crippen molar-refractivity contribution >= 4 is 8.96 Å². The van der Waals surface area contributed by atoms with Gasteiger partial charge in [0.2, 0.25) is 0 Å². The zero-order valence-electron chi connectivity index (χ0n) is 7.61. The number of hydrogen-bond donors (Lipinski definition) is 1. The van der Waals surface area contributed by atoms with Gasteiger partial charge in [0.1, 0.15) is 8.96 Å². The van der Waals surface area contributed by atoms with Crippen molar-refractivity contribution in [2.45, 2.75) is 45.7 Å². The fourth-order valence-corrected chi connectivity index (χ4v) is 1.85. The highest BCUT2D eigenvalue weighted by atomic mass is 28.3. The Morgan fingerprint density at radius 2 is 1.90 bits per heavy atom. The molecule has 1 N–H and O–H groups in total. The van der Waals surface area contributed by atoms with E-state index in [0.717, 1.165) is 0 Å². The van der Waals surface area contributed by atoms with Crippen LogP contribution < -0.4 is 4.98 Å². The smallest absolute Gasteiger partial charge is 0.105 e. The monoisotopic (exact) mass is 159 g/mol. The molecule has 0 rings (SSSR count). The van der Waals surface area contributed by atoms with Crippen LogP contribution in [0.5, 0.6) is 0 Å². The van der Waals surface area contributed by atoms with E-state index in [1.165, 1.54) is 31.9 Å². The van der Waals surface area contributed by atoms with Gasteiger partial charge in [-0.1, -0.05) is 39.3 Å². The summed E-state index contributed by atoms with van der Waals surface area (Å²) in [6.07, 6.45) is 4.09. The Morgan fingerprint density at radius 1 is 1.20 bits per heavy atom. The van der Waals surface area contributed by atoms with E-state index in [-0.39, 0.29) is 0 Å². The summed E-state index contributed by atoms with van der Waals surface area (Å²) in [7, 11) is -0.474. The topological polar surface area (TPSA) is 12.0 Å². The van der Waals surface area contributed by atoms with Crippen LogP contribution in [0.3, 0.4) is 0 Å². The van der Waals surface area contributed by atoms with Gasteiger partial charge in [0.05, 0.1) is 0 Å². The molecule has 0 saturated heterocycles. The lowest BCUT2D eigenvalue weighted by Crippen LogP contribution is -2.30. The van der Waals surface area contributed by atoms with Crippen LogP contribution in [-0.2, 0) is 0 Å². The fraction of sp³-hybridized carbons (Fsp3) is 1.00. The van der Waals surface area contributed by atoms with Gasteiger partial charge in [-0.25, -0.2) is 0 Å². The maximum absolute atomic E-state index is 3.61. The summed E-state index contributed by atoms with van der Waals surface area (Å²) in [5, 5.41) is 0. The highest BCUT2D eigenvalue weighted by molar-refractivity contribution is 6.54. The predicted octanol–water partition coefficient (Wildman–Crippen LogP) is 2.14. The minimum absolute atomic E-state index is 0.474. The molecule has 10 heavy (non-hydrogen) atoms. The van der Waals surface area contributed by atoms with E-state index in [2.05, 4.69) is 25.4 Å². The number of unbranched alkanes of at least 4 members (excludes halogenated alkanes) is 2. The summed E-state index contributed by atoms with van der Waals surface area (Å²) in [6.45, 7) is 8.17. The summed E-state index contributed by atoms with van der Waals surface area (Å²) in [4.78, 5) is 3.61. The number of rotatable bonds is 6. The van der Waals surface area contributed by atoms with Crippen molar-refractivity contribution in [3.05, 3.63) is 0 Å². The Bertz CT molecular complexity index is 66.3. The molecule has 0 aromatic carbocycles. The largest absolute Gasteiger partial charge is 0.340 e. The SMILES string of the molecule is CCCCCN[SiH](C)CC. The molecular weight excluding hydrogens is 138 g/mol. The molecule has 0 radical (unpaired) electrons. The molecule has 62 valence electrons. The molecule has 0 bridgehead atoms. The van der Waals surface area contributed by atoms with E-state index in [1.54, 1.807) is 0 Å². The highest BCUT2D eigenvalue weighted by Gasteiger charge is 1.96. The lowest BCUT2D eigenvalue weighted by atomic mass is 10.3. The van der Waals surface area contributed by atoms with E-state index in [1.807, 2.05) is 0 Å². The minimum atomic E-state index is -0.474. The first kappa shape index (κ1) is 10.2. The van der Waals surface area contributed by atoms with Crippen LogP contribution in [0.25, 0.3) is 0 Å². The van der Waals surface area contributed by atoms with Crippen LogP contribution in [-0.4, -0.2) is 15.5 Å². The van der Waals surface area contributed by atoms with Gasteiger partial charge in [0.25, 0.3) is 0 Å². The summed E-state index contributed by atoms with van der Waals surface area (Å²) in [5.41, 5.74) is 0. The number of hydrogen-bond acceptors (Lipinski definition) is 1. The standard InChI is InChI=1S/C8H21NSi/c1-4-6-7-8-9-10(3)5-2/h9-10H,4-8H2,1-3H3. The van der Waals surface area contributed by atoms with Gasteiger partial charge >= 0.3 is 0 Å². The average molecular weight is 159 g/mol. The first-order valence-electron chi connectivity index (χ1n) is 4.54. The summed E-state index contributed by atoms with van der Waals surface area (Å²) < 4.78 is 0. The average Bonchev–Trinajstić information content (AvgIpc) is 1.98. The summed E-state index contributed by atoms with van der Waals surface area (Å²) in [6, 6.07) is 1.38. The lowest BCUT2D eigenvalue weighted by molar-refractivity contribution is 0.699. The molecule has 0 saturated carbocycles. The van der Waals surface area contributed by atoms with E-state index >= 15 is 0 Å². The van der Waals surface area contributed by atoms with Crippen molar-refractivity contribution in [1.82, 2.24) is 4.98 Å². The molecule has 2 heteroatoms. The second-order valence-electron chi connectivity index (χ2n) is 2.97. The summed E-state index contributed by atoms with van der Waals surface area (Å²) >= 11 is 0. The van der Waals surface area contributed by atoms with Crippen molar-refractivity contribution in [1.29, 1.82) is 0 Å². The minimum Gasteiger partial charge on any atom is -0.340 e. The highest BCUT2D eigenvalue weighted by Crippen LogP contribution is 1.92. The molecule has 0 aliphatic heterocycles. The van der Waals surface area contributed by atoms with Crippen molar-refractivity contribution in [3.63, 3.8) is 0 Å². The molecule has 0 aromatic rings. The van der Waals surface area contributed by atoms with Crippen LogP contribution in [0.4, 0.5) is 0 Å². The zero-order chi connectivity index (χ0) is 7.82. The van der Waals surface area contributed by atoms with E-state index < -0.39 is 8.96 Å². The molecule has 0 amide bonds. The van der Waals surface area contributed by atoms with Crippen LogP contribution in [0, 0.1) is 0 Å². The first-order chi connectivity index (χ1) is 4.81. The van der Waals surface area contributed by atoms with Gasteiger partial charge < -0.3 is 4.98 Å². The Morgan fingerprint density at radius 3 is 2.40 bits per heavy atom. The molecule has 0 aliphatic carbocycles. The van der Waals surface area contributed by atoms with Crippen molar-refractivity contribution in [3.8, 4) is 0 Å². The van der Waals surface area contributed by atoms with Gasteiger partial charge in [-0.3, -0.25) is 0 Å². The third kappa shape index (κ3) is 6.30. The molecule has 0 fully saturated rings. The van der Waals surface area contributed by atoms with Crippen molar-refractivity contribution in [2.75, 3.05) is 6.54 Å². The van der Waals surface area contributed by atoms with Crippen molar-refractivity contribution < 1.29 is 0 Å². The zero-order valence-corrected chi connectivity index (χ0v) is 8.77. The molecule has 0 aromatic heterocycles. The Labute approximate surface area is 66.9 Å². The molecule has 0 spiro atoms. The molecule has 1 atom stereocenters. The van der Waals surface area contributed by atoms with Crippen LogP contribution in [0.1, 0.15) is 33.1 Å². The maximum atomic E-state index is 3.61. The second-order valence-corrected chi connectivity index (χ2v) is 6.00. The van der Waals surface area contributed by atoms with Gasteiger partial charge in [-0.2, -0.15) is 0 Å². The van der Waals surface area contributed by atoms with E-state index in [9.17, 15) is 0 Å². The predicted molar refractivity (Wildman–Crippen MR) is 51.0 cm³/mol.